The highest BCUT2D eigenvalue weighted by atomic mass is 16.3. The fourth-order valence-electron chi connectivity index (χ4n) is 1.31. The minimum atomic E-state index is -0.00386. The number of allylic oxidation sites excluding steroid dienone is 1. The van der Waals surface area contributed by atoms with Gasteiger partial charge in [-0.3, -0.25) is 0 Å². The molecule has 0 heterocycles. The van der Waals surface area contributed by atoms with Gasteiger partial charge in [-0.05, 0) is 25.3 Å². The Kier molecular flexibility index (Phi) is 8.05. The Morgan fingerprint density at radius 3 is 2.08 bits per heavy atom. The van der Waals surface area contributed by atoms with Gasteiger partial charge in [-0.2, -0.15) is 0 Å². The summed E-state index contributed by atoms with van der Waals surface area (Å²) in [5.41, 5.74) is 1.94. The molecule has 0 amide bonds. The van der Waals surface area contributed by atoms with Gasteiger partial charge in [0.25, 0.3) is 0 Å². The molecule has 0 radical (unpaired) electrons. The summed E-state index contributed by atoms with van der Waals surface area (Å²) in [6.07, 6.45) is 5.95. The Hall–Kier alpha value is -0.340. The lowest BCUT2D eigenvalue weighted by atomic mass is 10.0. The van der Waals surface area contributed by atoms with Crippen LogP contribution in [0.25, 0.3) is 0 Å². The van der Waals surface area contributed by atoms with E-state index in [1.165, 1.54) is 25.7 Å². The van der Waals surface area contributed by atoms with Crippen LogP contribution in [0.3, 0.4) is 0 Å². The molecule has 0 spiro atoms. The average Bonchev–Trinajstić information content (AvgIpc) is 2.14. The Morgan fingerprint density at radius 2 is 1.62 bits per heavy atom. The highest BCUT2D eigenvalue weighted by Gasteiger charge is 1.99. The summed E-state index contributed by atoms with van der Waals surface area (Å²) >= 11 is 0. The van der Waals surface area contributed by atoms with Crippen LogP contribution in [0.2, 0.25) is 0 Å². The second-order valence-electron chi connectivity index (χ2n) is 3.51. The molecule has 0 rings (SSSR count). The summed E-state index contributed by atoms with van der Waals surface area (Å²) in [5, 5.41) is 17.8. The zero-order valence-corrected chi connectivity index (χ0v) is 8.84. The number of aliphatic hydroxyl groups is 2. The van der Waals surface area contributed by atoms with Gasteiger partial charge in [-0.25, -0.2) is 0 Å². The molecule has 0 atom stereocenters. The second kappa shape index (κ2) is 8.27. The lowest BCUT2D eigenvalue weighted by Gasteiger charge is -2.06. The van der Waals surface area contributed by atoms with E-state index in [-0.39, 0.29) is 13.2 Å². The van der Waals surface area contributed by atoms with E-state index in [2.05, 4.69) is 6.92 Å². The summed E-state index contributed by atoms with van der Waals surface area (Å²) in [4.78, 5) is 0. The van der Waals surface area contributed by atoms with E-state index in [0.29, 0.717) is 0 Å². The highest BCUT2D eigenvalue weighted by Crippen LogP contribution is 2.13. The number of hydrogen-bond donors (Lipinski definition) is 2. The highest BCUT2D eigenvalue weighted by molar-refractivity contribution is 5.12. The molecular formula is C11H22O2. The zero-order chi connectivity index (χ0) is 10.1. The predicted octanol–water partition coefficient (Wildman–Crippen LogP) is 2.26. The van der Waals surface area contributed by atoms with Crippen molar-refractivity contribution in [3.05, 3.63) is 11.1 Å². The van der Waals surface area contributed by atoms with Gasteiger partial charge >= 0.3 is 0 Å². The van der Waals surface area contributed by atoms with Crippen molar-refractivity contribution in [3.63, 3.8) is 0 Å². The second-order valence-corrected chi connectivity index (χ2v) is 3.51. The number of unbranched alkanes of at least 4 members (excludes halogenated alkanes) is 3. The first-order valence-electron chi connectivity index (χ1n) is 5.15. The van der Waals surface area contributed by atoms with Gasteiger partial charge in [0.2, 0.25) is 0 Å². The SMILES string of the molecule is CCCCCCC(C)=C(CO)CO. The smallest absolute Gasteiger partial charge is 0.0666 e. The molecule has 0 saturated heterocycles. The first kappa shape index (κ1) is 12.7. The number of rotatable bonds is 7. The molecule has 2 nitrogen and oxygen atoms in total. The van der Waals surface area contributed by atoms with Crippen molar-refractivity contribution in [2.24, 2.45) is 0 Å². The minimum Gasteiger partial charge on any atom is -0.392 e. The van der Waals surface area contributed by atoms with E-state index in [9.17, 15) is 0 Å². The van der Waals surface area contributed by atoms with Crippen molar-refractivity contribution in [2.45, 2.75) is 46.0 Å². The van der Waals surface area contributed by atoms with Gasteiger partial charge in [0.15, 0.2) is 0 Å². The molecule has 0 saturated carbocycles. The van der Waals surface area contributed by atoms with Crippen molar-refractivity contribution in [1.29, 1.82) is 0 Å². The number of hydrogen-bond acceptors (Lipinski definition) is 2. The van der Waals surface area contributed by atoms with Crippen molar-refractivity contribution in [1.82, 2.24) is 0 Å². The fourth-order valence-corrected chi connectivity index (χ4v) is 1.31. The van der Waals surface area contributed by atoms with Crippen molar-refractivity contribution in [3.8, 4) is 0 Å². The molecule has 0 fully saturated rings. The summed E-state index contributed by atoms with van der Waals surface area (Å²) in [5.74, 6) is 0. The van der Waals surface area contributed by atoms with Gasteiger partial charge < -0.3 is 10.2 Å². The molecular weight excluding hydrogens is 164 g/mol. The lowest BCUT2D eigenvalue weighted by molar-refractivity contribution is 0.274. The van der Waals surface area contributed by atoms with E-state index < -0.39 is 0 Å². The maximum Gasteiger partial charge on any atom is 0.0666 e. The first-order chi connectivity index (χ1) is 6.26. The molecule has 0 aromatic carbocycles. The van der Waals surface area contributed by atoms with Crippen molar-refractivity contribution in [2.75, 3.05) is 13.2 Å². The summed E-state index contributed by atoms with van der Waals surface area (Å²) in [7, 11) is 0. The van der Waals surface area contributed by atoms with Crippen LogP contribution in [0, 0.1) is 0 Å². The molecule has 0 unspecified atom stereocenters. The Labute approximate surface area is 81.3 Å². The molecule has 0 bridgehead atoms. The molecule has 0 aliphatic carbocycles. The van der Waals surface area contributed by atoms with Crippen LogP contribution in [0.1, 0.15) is 46.0 Å². The number of aliphatic hydroxyl groups excluding tert-OH is 2. The molecule has 0 aliphatic heterocycles. The third kappa shape index (κ3) is 5.83. The Morgan fingerprint density at radius 1 is 1.00 bits per heavy atom. The normalized spacial score (nSPS) is 10.2. The average molecular weight is 186 g/mol. The van der Waals surface area contributed by atoms with Crippen LogP contribution in [-0.4, -0.2) is 23.4 Å². The summed E-state index contributed by atoms with van der Waals surface area (Å²) in [6.45, 7) is 4.18. The van der Waals surface area contributed by atoms with Crippen LogP contribution in [-0.2, 0) is 0 Å². The molecule has 13 heavy (non-hydrogen) atoms. The van der Waals surface area contributed by atoms with Crippen molar-refractivity contribution < 1.29 is 10.2 Å². The van der Waals surface area contributed by atoms with E-state index in [0.717, 1.165) is 17.6 Å². The van der Waals surface area contributed by atoms with E-state index in [4.69, 9.17) is 10.2 Å². The quantitative estimate of drug-likeness (QED) is 0.473. The van der Waals surface area contributed by atoms with Crippen LogP contribution in [0.5, 0.6) is 0 Å². The third-order valence-corrected chi connectivity index (χ3v) is 2.39. The first-order valence-corrected chi connectivity index (χ1v) is 5.15. The van der Waals surface area contributed by atoms with E-state index >= 15 is 0 Å². The topological polar surface area (TPSA) is 40.5 Å². The Balaban J connectivity index is 3.69. The third-order valence-electron chi connectivity index (χ3n) is 2.39. The molecule has 0 aromatic heterocycles. The van der Waals surface area contributed by atoms with Gasteiger partial charge in [-0.1, -0.05) is 31.8 Å². The van der Waals surface area contributed by atoms with Crippen LogP contribution < -0.4 is 0 Å². The molecule has 2 N–H and O–H groups in total. The van der Waals surface area contributed by atoms with E-state index in [1.807, 2.05) is 6.92 Å². The van der Waals surface area contributed by atoms with E-state index in [1.54, 1.807) is 0 Å². The van der Waals surface area contributed by atoms with Crippen LogP contribution >= 0.6 is 0 Å². The molecule has 78 valence electrons. The van der Waals surface area contributed by atoms with Crippen molar-refractivity contribution >= 4 is 0 Å². The largest absolute Gasteiger partial charge is 0.392 e. The van der Waals surface area contributed by atoms with Gasteiger partial charge in [0.1, 0.15) is 0 Å². The lowest BCUT2D eigenvalue weighted by Crippen LogP contribution is -2.00. The maximum atomic E-state index is 8.88. The predicted molar refractivity (Wildman–Crippen MR) is 55.6 cm³/mol. The van der Waals surface area contributed by atoms with Gasteiger partial charge in [0, 0.05) is 0 Å². The van der Waals surface area contributed by atoms with Gasteiger partial charge in [-0.15, -0.1) is 0 Å². The standard InChI is InChI=1S/C11H22O2/c1-3-4-5-6-7-10(2)11(8-12)9-13/h12-13H,3-9H2,1-2H3. The fraction of sp³-hybridized carbons (Fsp3) is 0.818. The Bertz CT molecular complexity index is 144. The summed E-state index contributed by atoms with van der Waals surface area (Å²) in [6, 6.07) is 0. The monoisotopic (exact) mass is 186 g/mol. The summed E-state index contributed by atoms with van der Waals surface area (Å²) < 4.78 is 0. The maximum absolute atomic E-state index is 8.88. The van der Waals surface area contributed by atoms with Crippen LogP contribution in [0.15, 0.2) is 11.1 Å². The molecule has 0 aromatic rings. The molecule has 0 aliphatic rings. The zero-order valence-electron chi connectivity index (χ0n) is 8.84. The van der Waals surface area contributed by atoms with Gasteiger partial charge in [0.05, 0.1) is 13.2 Å². The molecule has 2 heteroatoms. The minimum absolute atomic E-state index is 0.00386. The van der Waals surface area contributed by atoms with Crippen LogP contribution in [0.4, 0.5) is 0 Å².